The maximum Gasteiger partial charge on any atom is 0.252 e. The van der Waals surface area contributed by atoms with E-state index in [-0.39, 0.29) is 17.9 Å². The maximum absolute atomic E-state index is 12.7. The fraction of sp³-hybridized carbons (Fsp3) is 0.467. The van der Waals surface area contributed by atoms with Crippen molar-refractivity contribution in [3.8, 4) is 0 Å². The molecule has 1 aliphatic heterocycles. The van der Waals surface area contributed by atoms with Crippen LogP contribution in [0.4, 0.5) is 5.69 Å². The van der Waals surface area contributed by atoms with E-state index in [1.807, 2.05) is 45.0 Å². The van der Waals surface area contributed by atoms with Crippen LogP contribution < -0.4 is 10.2 Å². The van der Waals surface area contributed by atoms with Crippen LogP contribution in [0.2, 0.25) is 0 Å². The summed E-state index contributed by atoms with van der Waals surface area (Å²) < 4.78 is -1.10. The van der Waals surface area contributed by atoms with Gasteiger partial charge >= 0.3 is 0 Å². The molecule has 1 N–H and O–H groups in total. The lowest BCUT2D eigenvalue weighted by Gasteiger charge is -2.38. The summed E-state index contributed by atoms with van der Waals surface area (Å²) in [4.78, 5) is 27.8. The first-order chi connectivity index (χ1) is 9.40. The fourth-order valence-electron chi connectivity index (χ4n) is 2.25. The lowest BCUT2D eigenvalue weighted by Crippen LogP contribution is -2.57. The number of hydrogen-bond donors (Lipinski definition) is 1. The zero-order valence-corrected chi connectivity index (χ0v) is 13.1. The van der Waals surface area contributed by atoms with Gasteiger partial charge in [0, 0.05) is 17.5 Å². The molecule has 20 heavy (non-hydrogen) atoms. The highest BCUT2D eigenvalue weighted by atomic mass is 32.2. The summed E-state index contributed by atoms with van der Waals surface area (Å²) in [5.41, 5.74) is 0.889. The van der Waals surface area contributed by atoms with E-state index in [4.69, 9.17) is 0 Å². The molecule has 0 bridgehead atoms. The molecule has 4 nitrogen and oxygen atoms in total. The van der Waals surface area contributed by atoms with Gasteiger partial charge in [0.2, 0.25) is 5.91 Å². The average molecular weight is 292 g/mol. The van der Waals surface area contributed by atoms with Crippen molar-refractivity contribution in [3.05, 3.63) is 24.3 Å². The molecule has 0 saturated heterocycles. The normalized spacial score (nSPS) is 21.9. The number of nitrogens with zero attached hydrogens (tertiary/aromatic N) is 1. The Morgan fingerprint density at radius 2 is 2.05 bits per heavy atom. The van der Waals surface area contributed by atoms with Gasteiger partial charge < -0.3 is 10.2 Å². The molecule has 1 aliphatic rings. The van der Waals surface area contributed by atoms with E-state index < -0.39 is 4.75 Å². The number of benzene rings is 1. The molecule has 1 heterocycles. The minimum absolute atomic E-state index is 0.0139. The number of hydrogen-bond acceptors (Lipinski definition) is 3. The number of carbonyl (C=O) groups is 2. The van der Waals surface area contributed by atoms with E-state index in [2.05, 4.69) is 5.32 Å². The summed E-state index contributed by atoms with van der Waals surface area (Å²) in [6, 6.07) is 7.72. The summed E-state index contributed by atoms with van der Waals surface area (Å²) in [5, 5.41) is 2.85. The number of anilines is 1. The molecular weight excluding hydrogens is 272 g/mol. The zero-order chi connectivity index (χ0) is 14.9. The van der Waals surface area contributed by atoms with Gasteiger partial charge in [-0.3, -0.25) is 9.59 Å². The largest absolute Gasteiger partial charge is 0.352 e. The average Bonchev–Trinajstić information content (AvgIpc) is 2.39. The van der Waals surface area contributed by atoms with E-state index in [1.54, 1.807) is 11.8 Å². The van der Waals surface area contributed by atoms with Crippen LogP contribution in [0.1, 0.15) is 27.7 Å². The Morgan fingerprint density at radius 1 is 1.40 bits per heavy atom. The smallest absolute Gasteiger partial charge is 0.252 e. The van der Waals surface area contributed by atoms with Crippen molar-refractivity contribution in [1.29, 1.82) is 0 Å². The van der Waals surface area contributed by atoms with Crippen LogP contribution in [0.15, 0.2) is 29.2 Å². The molecule has 5 heteroatoms. The number of carbonyl (C=O) groups excluding carboxylic acids is 2. The van der Waals surface area contributed by atoms with Crippen molar-refractivity contribution < 1.29 is 9.59 Å². The summed E-state index contributed by atoms with van der Waals surface area (Å²) in [7, 11) is 0. The van der Waals surface area contributed by atoms with Crippen molar-refractivity contribution in [2.75, 3.05) is 11.4 Å². The summed E-state index contributed by atoms with van der Waals surface area (Å²) in [5.74, 6) is -0.377. The molecule has 1 aromatic rings. The second kappa shape index (κ2) is 5.48. The van der Waals surface area contributed by atoms with Gasteiger partial charge in [0.05, 0.1) is 5.69 Å². The minimum Gasteiger partial charge on any atom is -0.352 e. The van der Waals surface area contributed by atoms with Crippen LogP contribution in [0.3, 0.4) is 0 Å². The Bertz CT molecular complexity index is 544. The zero-order valence-electron chi connectivity index (χ0n) is 12.3. The van der Waals surface area contributed by atoms with Gasteiger partial charge in [-0.1, -0.05) is 23.9 Å². The molecule has 0 saturated carbocycles. The van der Waals surface area contributed by atoms with Gasteiger partial charge in [0.1, 0.15) is 0 Å². The lowest BCUT2D eigenvalue weighted by molar-refractivity contribution is -0.131. The fourth-order valence-corrected chi connectivity index (χ4v) is 3.47. The van der Waals surface area contributed by atoms with E-state index in [9.17, 15) is 9.59 Å². The molecule has 0 radical (unpaired) electrons. The minimum atomic E-state index is -1.10. The Labute approximate surface area is 123 Å². The molecule has 0 aliphatic carbocycles. The third kappa shape index (κ3) is 2.42. The first-order valence-corrected chi connectivity index (χ1v) is 7.62. The van der Waals surface area contributed by atoms with Gasteiger partial charge in [-0.05, 0) is 39.8 Å². The molecule has 2 amide bonds. The predicted octanol–water partition coefficient (Wildman–Crippen LogP) is 2.43. The standard InChI is InChI=1S/C15H20N2O2S/c1-5-17-11-8-6-7-9-12(11)20-15(4,14(17)19)13(18)16-10(2)3/h6-10H,5H2,1-4H3,(H,16,18). The third-order valence-corrected chi connectivity index (χ3v) is 4.63. The van der Waals surface area contributed by atoms with Gasteiger partial charge in [-0.2, -0.15) is 0 Å². The highest BCUT2D eigenvalue weighted by Gasteiger charge is 2.48. The number of nitrogens with one attached hydrogen (secondary N) is 1. The molecule has 0 spiro atoms. The Balaban J connectivity index is 2.43. The SMILES string of the molecule is CCN1C(=O)C(C)(C(=O)NC(C)C)Sc2ccccc21. The highest BCUT2D eigenvalue weighted by Crippen LogP contribution is 2.45. The van der Waals surface area contributed by atoms with Crippen molar-refractivity contribution in [3.63, 3.8) is 0 Å². The summed E-state index contributed by atoms with van der Waals surface area (Å²) in [6.45, 7) is 7.97. The molecule has 1 unspecified atom stereocenters. The molecule has 1 aromatic carbocycles. The molecule has 108 valence electrons. The number of rotatable bonds is 3. The quantitative estimate of drug-likeness (QED) is 0.871. The Hall–Kier alpha value is -1.49. The predicted molar refractivity (Wildman–Crippen MR) is 82.0 cm³/mol. The van der Waals surface area contributed by atoms with Crippen LogP contribution in [0.25, 0.3) is 0 Å². The topological polar surface area (TPSA) is 49.4 Å². The monoisotopic (exact) mass is 292 g/mol. The van der Waals surface area contributed by atoms with E-state index >= 15 is 0 Å². The lowest BCUT2D eigenvalue weighted by atomic mass is 10.1. The van der Waals surface area contributed by atoms with Crippen molar-refractivity contribution in [2.24, 2.45) is 0 Å². The molecule has 0 fully saturated rings. The van der Waals surface area contributed by atoms with Crippen LogP contribution in [-0.4, -0.2) is 29.1 Å². The first kappa shape index (κ1) is 14.9. The van der Waals surface area contributed by atoms with Gasteiger partial charge in [0.15, 0.2) is 4.75 Å². The summed E-state index contributed by atoms with van der Waals surface area (Å²) >= 11 is 1.33. The van der Waals surface area contributed by atoms with E-state index in [1.165, 1.54) is 11.8 Å². The van der Waals surface area contributed by atoms with Gasteiger partial charge in [-0.25, -0.2) is 0 Å². The number of fused-ring (bicyclic) bond motifs is 1. The van der Waals surface area contributed by atoms with Crippen LogP contribution in [-0.2, 0) is 9.59 Å². The Kier molecular flexibility index (Phi) is 4.09. The van der Waals surface area contributed by atoms with Crippen LogP contribution in [0, 0.1) is 0 Å². The van der Waals surface area contributed by atoms with Crippen molar-refractivity contribution in [2.45, 2.75) is 43.4 Å². The Morgan fingerprint density at radius 3 is 2.65 bits per heavy atom. The highest BCUT2D eigenvalue weighted by molar-refractivity contribution is 8.02. The molecule has 2 rings (SSSR count). The number of amides is 2. The second-order valence-corrected chi connectivity index (χ2v) is 6.74. The molecular formula is C15H20N2O2S. The van der Waals surface area contributed by atoms with Gasteiger partial charge in [-0.15, -0.1) is 0 Å². The van der Waals surface area contributed by atoms with Crippen molar-refractivity contribution >= 4 is 29.3 Å². The van der Waals surface area contributed by atoms with Crippen LogP contribution in [0.5, 0.6) is 0 Å². The van der Waals surface area contributed by atoms with E-state index in [0.29, 0.717) is 6.54 Å². The third-order valence-electron chi connectivity index (χ3n) is 3.29. The molecule has 0 aromatic heterocycles. The van der Waals surface area contributed by atoms with Crippen LogP contribution >= 0.6 is 11.8 Å². The summed E-state index contributed by atoms with van der Waals surface area (Å²) in [6.07, 6.45) is 0. The number of para-hydroxylation sites is 1. The van der Waals surface area contributed by atoms with Gasteiger partial charge in [0.25, 0.3) is 5.91 Å². The van der Waals surface area contributed by atoms with E-state index in [0.717, 1.165) is 10.6 Å². The van der Waals surface area contributed by atoms with Crippen molar-refractivity contribution in [1.82, 2.24) is 5.32 Å². The molecule has 1 atom stereocenters. The number of thioether (sulfide) groups is 1. The first-order valence-electron chi connectivity index (χ1n) is 6.81. The maximum atomic E-state index is 12.7. The second-order valence-electron chi connectivity index (χ2n) is 5.28.